The van der Waals surface area contributed by atoms with Crippen LogP contribution in [0.5, 0.6) is 0 Å². The molecule has 0 bridgehead atoms. The van der Waals surface area contributed by atoms with Gasteiger partial charge in [-0.3, -0.25) is 9.59 Å². The summed E-state index contributed by atoms with van der Waals surface area (Å²) in [7, 11) is 0. The van der Waals surface area contributed by atoms with Crippen LogP contribution in [-0.4, -0.2) is 47.9 Å². The van der Waals surface area contributed by atoms with Crippen LogP contribution >= 0.6 is 0 Å². The van der Waals surface area contributed by atoms with Crippen molar-refractivity contribution in [2.24, 2.45) is 0 Å². The zero-order chi connectivity index (χ0) is 18.9. The van der Waals surface area contributed by atoms with Crippen LogP contribution in [-0.2, 0) is 25.5 Å². The van der Waals surface area contributed by atoms with E-state index in [0.29, 0.717) is 26.0 Å². The molecule has 0 radical (unpaired) electrons. The fraction of sp³-hybridized carbons (Fsp3) is 0.550. The van der Waals surface area contributed by atoms with E-state index in [2.05, 4.69) is 5.32 Å². The molecular formula is C20H28N2O4. The minimum absolute atomic E-state index is 0.223. The number of unbranched alkanes of at least 4 members (excludes halogenated alkanes) is 1. The number of ether oxygens (including phenoxy) is 1. The van der Waals surface area contributed by atoms with Gasteiger partial charge in [-0.1, -0.05) is 43.7 Å². The summed E-state index contributed by atoms with van der Waals surface area (Å²) in [6.07, 6.45) is 3.52. The fourth-order valence-electron chi connectivity index (χ4n) is 3.18. The zero-order valence-electron chi connectivity index (χ0n) is 15.6. The van der Waals surface area contributed by atoms with Crippen molar-refractivity contribution < 1.29 is 19.1 Å². The first-order chi connectivity index (χ1) is 12.5. The number of amides is 2. The second-order valence-electron chi connectivity index (χ2n) is 6.65. The minimum atomic E-state index is -0.682. The van der Waals surface area contributed by atoms with E-state index in [1.54, 1.807) is 4.90 Å². The third-order valence-electron chi connectivity index (χ3n) is 4.51. The average Bonchev–Trinajstić information content (AvgIpc) is 3.11. The van der Waals surface area contributed by atoms with E-state index >= 15 is 0 Å². The predicted octanol–water partition coefficient (Wildman–Crippen LogP) is 2.07. The number of rotatable bonds is 8. The molecule has 1 fully saturated rings. The Bertz CT molecular complexity index is 617. The summed E-state index contributed by atoms with van der Waals surface area (Å²) >= 11 is 0. The predicted molar refractivity (Wildman–Crippen MR) is 98.4 cm³/mol. The third kappa shape index (κ3) is 5.58. The van der Waals surface area contributed by atoms with E-state index < -0.39 is 12.1 Å². The summed E-state index contributed by atoms with van der Waals surface area (Å²) in [5.41, 5.74) is 0.959. The minimum Gasteiger partial charge on any atom is -0.464 e. The topological polar surface area (TPSA) is 75.7 Å². The summed E-state index contributed by atoms with van der Waals surface area (Å²) in [6, 6.07) is 8.31. The number of hydrogen-bond donors (Lipinski definition) is 1. The lowest BCUT2D eigenvalue weighted by atomic mass is 10.0. The first kappa shape index (κ1) is 19.9. The van der Waals surface area contributed by atoms with Crippen molar-refractivity contribution in [3.05, 3.63) is 35.9 Å². The Labute approximate surface area is 154 Å². The van der Waals surface area contributed by atoms with Crippen molar-refractivity contribution in [1.82, 2.24) is 10.2 Å². The molecule has 26 heavy (non-hydrogen) atoms. The van der Waals surface area contributed by atoms with Crippen LogP contribution in [0.15, 0.2) is 30.3 Å². The quantitative estimate of drug-likeness (QED) is 0.569. The third-order valence-corrected chi connectivity index (χ3v) is 4.51. The van der Waals surface area contributed by atoms with Gasteiger partial charge in [-0.25, -0.2) is 4.79 Å². The monoisotopic (exact) mass is 360 g/mol. The number of esters is 1. The van der Waals surface area contributed by atoms with Gasteiger partial charge in [0.1, 0.15) is 12.1 Å². The van der Waals surface area contributed by atoms with Gasteiger partial charge < -0.3 is 15.0 Å². The molecule has 6 heteroatoms. The van der Waals surface area contributed by atoms with E-state index in [9.17, 15) is 14.4 Å². The standard InChI is InChI=1S/C20H28N2O4/c1-3-4-13-26-20(25)18-11-8-12-22(18)19(24)17(21-15(2)23)14-16-9-6-5-7-10-16/h5-7,9-10,17-18H,3-4,8,11-14H2,1-2H3,(H,21,23). The first-order valence-electron chi connectivity index (χ1n) is 9.31. The number of benzene rings is 1. The number of nitrogens with zero attached hydrogens (tertiary/aromatic N) is 1. The van der Waals surface area contributed by atoms with Crippen LogP contribution in [0.25, 0.3) is 0 Å². The van der Waals surface area contributed by atoms with Gasteiger partial charge in [0.15, 0.2) is 0 Å². The molecule has 2 unspecified atom stereocenters. The highest BCUT2D eigenvalue weighted by Gasteiger charge is 2.38. The summed E-state index contributed by atoms with van der Waals surface area (Å²) < 4.78 is 5.31. The Kier molecular flexibility index (Phi) is 7.63. The molecule has 2 atom stereocenters. The highest BCUT2D eigenvalue weighted by Crippen LogP contribution is 2.21. The summed E-state index contributed by atoms with van der Waals surface area (Å²) in [6.45, 7) is 4.32. The smallest absolute Gasteiger partial charge is 0.328 e. The van der Waals surface area contributed by atoms with Gasteiger partial charge in [0.25, 0.3) is 0 Å². The molecule has 2 amide bonds. The van der Waals surface area contributed by atoms with Gasteiger partial charge in [0.05, 0.1) is 6.61 Å². The van der Waals surface area contributed by atoms with E-state index in [1.165, 1.54) is 6.92 Å². The summed E-state index contributed by atoms with van der Waals surface area (Å²) in [4.78, 5) is 38.5. The van der Waals surface area contributed by atoms with Crippen LogP contribution in [0.3, 0.4) is 0 Å². The van der Waals surface area contributed by atoms with E-state index in [-0.39, 0.29) is 17.8 Å². The van der Waals surface area contributed by atoms with Gasteiger partial charge in [0, 0.05) is 19.9 Å². The second-order valence-corrected chi connectivity index (χ2v) is 6.65. The largest absolute Gasteiger partial charge is 0.464 e. The molecule has 1 N–H and O–H groups in total. The van der Waals surface area contributed by atoms with Crippen LogP contribution in [0.1, 0.15) is 45.1 Å². The lowest BCUT2D eigenvalue weighted by Crippen LogP contribution is -2.52. The second kappa shape index (κ2) is 9.94. The normalized spacial score (nSPS) is 17.6. The van der Waals surface area contributed by atoms with Crippen molar-refractivity contribution in [3.8, 4) is 0 Å². The SMILES string of the molecule is CCCCOC(=O)C1CCCN1C(=O)C(Cc1ccccc1)NC(C)=O. The van der Waals surface area contributed by atoms with Crippen molar-refractivity contribution in [2.45, 2.75) is 58.0 Å². The summed E-state index contributed by atoms with van der Waals surface area (Å²) in [5.74, 6) is -0.829. The molecule has 0 aliphatic carbocycles. The van der Waals surface area contributed by atoms with Gasteiger partial charge in [0.2, 0.25) is 11.8 Å². The molecule has 0 aromatic heterocycles. The van der Waals surface area contributed by atoms with Crippen molar-refractivity contribution in [1.29, 1.82) is 0 Å². The molecule has 1 aliphatic rings. The molecule has 2 rings (SSSR count). The highest BCUT2D eigenvalue weighted by atomic mass is 16.5. The Morgan fingerprint density at radius 1 is 1.27 bits per heavy atom. The lowest BCUT2D eigenvalue weighted by Gasteiger charge is -2.28. The molecule has 1 saturated heterocycles. The van der Waals surface area contributed by atoms with Crippen molar-refractivity contribution >= 4 is 17.8 Å². The highest BCUT2D eigenvalue weighted by molar-refractivity contribution is 5.91. The number of carbonyl (C=O) groups excluding carboxylic acids is 3. The lowest BCUT2D eigenvalue weighted by molar-refractivity contribution is -0.154. The maximum atomic E-state index is 13.0. The van der Waals surface area contributed by atoms with Gasteiger partial charge in [-0.05, 0) is 24.8 Å². The maximum absolute atomic E-state index is 13.0. The van der Waals surface area contributed by atoms with Gasteiger partial charge in [-0.2, -0.15) is 0 Å². The van der Waals surface area contributed by atoms with Crippen molar-refractivity contribution in [3.63, 3.8) is 0 Å². The molecule has 1 aliphatic heterocycles. The number of likely N-dealkylation sites (tertiary alicyclic amines) is 1. The molecule has 142 valence electrons. The number of hydrogen-bond acceptors (Lipinski definition) is 4. The van der Waals surface area contributed by atoms with Gasteiger partial charge >= 0.3 is 5.97 Å². The molecule has 6 nitrogen and oxygen atoms in total. The first-order valence-corrected chi connectivity index (χ1v) is 9.31. The summed E-state index contributed by atoms with van der Waals surface area (Å²) in [5, 5.41) is 2.73. The van der Waals surface area contributed by atoms with E-state index in [0.717, 1.165) is 24.8 Å². The zero-order valence-corrected chi connectivity index (χ0v) is 15.6. The molecular weight excluding hydrogens is 332 g/mol. The van der Waals surface area contributed by atoms with E-state index in [4.69, 9.17) is 4.74 Å². The van der Waals surface area contributed by atoms with Crippen LogP contribution in [0.2, 0.25) is 0 Å². The fourth-order valence-corrected chi connectivity index (χ4v) is 3.18. The molecule has 0 saturated carbocycles. The maximum Gasteiger partial charge on any atom is 0.328 e. The molecule has 1 heterocycles. The van der Waals surface area contributed by atoms with E-state index in [1.807, 2.05) is 37.3 Å². The Hall–Kier alpha value is -2.37. The Morgan fingerprint density at radius 2 is 2.00 bits per heavy atom. The molecule has 0 spiro atoms. The van der Waals surface area contributed by atoms with Crippen LogP contribution < -0.4 is 5.32 Å². The molecule has 1 aromatic carbocycles. The van der Waals surface area contributed by atoms with Crippen molar-refractivity contribution in [2.75, 3.05) is 13.2 Å². The van der Waals surface area contributed by atoms with Gasteiger partial charge in [-0.15, -0.1) is 0 Å². The van der Waals surface area contributed by atoms with Crippen LogP contribution in [0, 0.1) is 0 Å². The Balaban J connectivity index is 2.07. The number of nitrogens with one attached hydrogen (secondary N) is 1. The molecule has 1 aromatic rings. The Morgan fingerprint density at radius 3 is 2.65 bits per heavy atom. The number of carbonyl (C=O) groups is 3. The average molecular weight is 360 g/mol. The van der Waals surface area contributed by atoms with Crippen LogP contribution in [0.4, 0.5) is 0 Å².